The average molecular weight is 463 g/mol. The predicted octanol–water partition coefficient (Wildman–Crippen LogP) is 6.82. The zero-order chi connectivity index (χ0) is 23.2. The lowest BCUT2D eigenvalue weighted by Crippen LogP contribution is -2.54. The van der Waals surface area contributed by atoms with Crippen LogP contribution in [0.3, 0.4) is 0 Å². The zero-order valence-corrected chi connectivity index (χ0v) is 21.7. The van der Waals surface area contributed by atoms with E-state index in [-0.39, 0.29) is 0 Å². The highest BCUT2D eigenvalue weighted by molar-refractivity contribution is 7.10. The summed E-state index contributed by atoms with van der Waals surface area (Å²) in [6, 6.07) is 22.1. The van der Waals surface area contributed by atoms with Gasteiger partial charge in [0.05, 0.1) is 0 Å². The average Bonchev–Trinajstić information content (AvgIpc) is 3.52. The van der Waals surface area contributed by atoms with Crippen molar-refractivity contribution in [3.63, 3.8) is 0 Å². The molecule has 34 heavy (non-hydrogen) atoms. The molecule has 3 aliphatic carbocycles. The molecular formula is C33H38Si. The number of rotatable bonds is 11. The molecule has 0 aliphatic heterocycles. The fraction of sp³-hybridized carbons (Fsp3) is 0.333. The van der Waals surface area contributed by atoms with Gasteiger partial charge in [-0.25, -0.2) is 0 Å². The third kappa shape index (κ3) is 4.39. The Balaban J connectivity index is 1.58. The number of allylic oxidation sites excluding steroid dienone is 8. The lowest BCUT2D eigenvalue weighted by Gasteiger charge is -2.39. The molecule has 0 nitrogen and oxygen atoms in total. The monoisotopic (exact) mass is 462 g/mol. The Morgan fingerprint density at radius 2 is 1.56 bits per heavy atom. The van der Waals surface area contributed by atoms with Crippen LogP contribution in [-0.2, 0) is 0 Å². The van der Waals surface area contributed by atoms with Crippen molar-refractivity contribution in [1.29, 1.82) is 0 Å². The molecule has 1 heteroatoms. The summed E-state index contributed by atoms with van der Waals surface area (Å²) in [6.07, 6.45) is 27.3. The number of unbranched alkanes of at least 4 members (excludes halogenated alkanes) is 6. The van der Waals surface area contributed by atoms with Gasteiger partial charge in [-0.15, -0.1) is 0 Å². The molecule has 0 fully saturated rings. The maximum absolute atomic E-state index is 2.52. The number of hydrogen-bond donors (Lipinski definition) is 0. The minimum atomic E-state index is -2.13. The number of fused-ring (bicyclic) bond motifs is 2. The van der Waals surface area contributed by atoms with Gasteiger partial charge in [-0.1, -0.05) is 159 Å². The van der Waals surface area contributed by atoms with Crippen molar-refractivity contribution in [1.82, 2.24) is 0 Å². The van der Waals surface area contributed by atoms with Gasteiger partial charge in [-0.2, -0.15) is 0 Å². The standard InChI is InChI=1S/C33H38Si/c1-2-3-4-5-6-7-15-26-34(29-18-9-8-10-19-29,32-24-22-27-16-11-13-20-30(27)32)33-25-23-28-17-12-14-21-31(28)33/h8-14,16-24,30H,2-7,15,25-26H2,1H3. The number of hydrogen-bond acceptors (Lipinski definition) is 0. The zero-order valence-electron chi connectivity index (χ0n) is 20.7. The summed E-state index contributed by atoms with van der Waals surface area (Å²) < 4.78 is 0. The molecule has 0 bridgehead atoms. The van der Waals surface area contributed by atoms with Crippen molar-refractivity contribution in [2.45, 2.75) is 64.3 Å². The van der Waals surface area contributed by atoms with E-state index in [1.165, 1.54) is 67.0 Å². The first-order valence-electron chi connectivity index (χ1n) is 13.5. The second kappa shape index (κ2) is 10.7. The summed E-state index contributed by atoms with van der Waals surface area (Å²) in [4.78, 5) is 0. The summed E-state index contributed by atoms with van der Waals surface area (Å²) in [5.74, 6) is 0.446. The summed E-state index contributed by atoms with van der Waals surface area (Å²) in [5, 5.41) is 8.01. The van der Waals surface area contributed by atoms with Gasteiger partial charge in [0.25, 0.3) is 0 Å². The maximum Gasteiger partial charge on any atom is 0.142 e. The Kier molecular flexibility index (Phi) is 7.30. The van der Waals surface area contributed by atoms with Crippen LogP contribution in [-0.4, -0.2) is 8.07 Å². The fourth-order valence-electron chi connectivity index (χ4n) is 6.40. The van der Waals surface area contributed by atoms with Gasteiger partial charge in [-0.3, -0.25) is 0 Å². The van der Waals surface area contributed by atoms with Crippen LogP contribution >= 0.6 is 0 Å². The molecule has 0 spiro atoms. The first-order chi connectivity index (χ1) is 16.8. The minimum absolute atomic E-state index is 0.446. The van der Waals surface area contributed by atoms with Crippen molar-refractivity contribution in [3.8, 4) is 0 Å². The van der Waals surface area contributed by atoms with Gasteiger partial charge < -0.3 is 0 Å². The second-order valence-corrected chi connectivity index (χ2v) is 14.2. The molecule has 5 rings (SSSR count). The van der Waals surface area contributed by atoms with Gasteiger partial charge in [0.2, 0.25) is 0 Å². The molecule has 2 aromatic rings. The third-order valence-electron chi connectivity index (χ3n) is 8.09. The third-order valence-corrected chi connectivity index (χ3v) is 13.5. The van der Waals surface area contributed by atoms with E-state index in [4.69, 9.17) is 0 Å². The van der Waals surface area contributed by atoms with E-state index in [0.29, 0.717) is 5.92 Å². The molecule has 0 aromatic heterocycles. The Labute approximate surface area is 206 Å². The molecule has 174 valence electrons. The van der Waals surface area contributed by atoms with Crippen LogP contribution in [0.4, 0.5) is 0 Å². The molecule has 0 amide bonds. The quantitative estimate of drug-likeness (QED) is 0.254. The molecule has 2 atom stereocenters. The van der Waals surface area contributed by atoms with Crippen LogP contribution in [0.2, 0.25) is 6.04 Å². The van der Waals surface area contributed by atoms with Gasteiger partial charge >= 0.3 is 0 Å². The molecule has 2 aromatic carbocycles. The van der Waals surface area contributed by atoms with Gasteiger partial charge in [0.1, 0.15) is 8.07 Å². The Morgan fingerprint density at radius 3 is 2.41 bits per heavy atom. The van der Waals surface area contributed by atoms with Crippen molar-refractivity contribution in [2.75, 3.05) is 0 Å². The minimum Gasteiger partial charge on any atom is -0.0733 e. The van der Waals surface area contributed by atoms with Crippen LogP contribution in [0.25, 0.3) is 11.3 Å². The highest BCUT2D eigenvalue weighted by Gasteiger charge is 2.46. The van der Waals surface area contributed by atoms with Crippen molar-refractivity contribution < 1.29 is 0 Å². The van der Waals surface area contributed by atoms with Crippen LogP contribution in [0.5, 0.6) is 0 Å². The van der Waals surface area contributed by atoms with E-state index in [0.717, 1.165) is 6.42 Å². The highest BCUT2D eigenvalue weighted by Crippen LogP contribution is 2.43. The summed E-state index contributed by atoms with van der Waals surface area (Å²) in [5.41, 5.74) is 1.47. The van der Waals surface area contributed by atoms with Crippen LogP contribution in [0, 0.1) is 5.92 Å². The summed E-state index contributed by atoms with van der Waals surface area (Å²) in [6.45, 7) is 2.31. The largest absolute Gasteiger partial charge is 0.142 e. The smallest absolute Gasteiger partial charge is 0.0733 e. The molecule has 0 heterocycles. The number of benzene rings is 2. The van der Waals surface area contributed by atoms with Crippen LogP contribution in [0.1, 0.15) is 58.3 Å². The van der Waals surface area contributed by atoms with E-state index in [2.05, 4.69) is 104 Å². The predicted molar refractivity (Wildman–Crippen MR) is 151 cm³/mol. The normalized spacial score (nSPS) is 19.8. The Bertz CT molecular complexity index is 1240. The van der Waals surface area contributed by atoms with Crippen molar-refractivity contribution in [3.05, 3.63) is 112 Å². The van der Waals surface area contributed by atoms with E-state index < -0.39 is 8.07 Å². The van der Waals surface area contributed by atoms with Crippen molar-refractivity contribution >= 4 is 24.5 Å². The first-order valence-corrected chi connectivity index (χ1v) is 15.7. The van der Waals surface area contributed by atoms with E-state index in [1.54, 1.807) is 15.6 Å². The summed E-state index contributed by atoms with van der Waals surface area (Å²) in [7, 11) is -2.13. The topological polar surface area (TPSA) is 0 Å². The first kappa shape index (κ1) is 23.1. The summed E-state index contributed by atoms with van der Waals surface area (Å²) >= 11 is 0. The van der Waals surface area contributed by atoms with Gasteiger partial charge in [0.15, 0.2) is 0 Å². The van der Waals surface area contributed by atoms with Crippen molar-refractivity contribution in [2.24, 2.45) is 5.92 Å². The van der Waals surface area contributed by atoms with E-state index >= 15 is 0 Å². The van der Waals surface area contributed by atoms with Gasteiger partial charge in [-0.05, 0) is 33.7 Å². The molecule has 0 N–H and O–H groups in total. The molecular weight excluding hydrogens is 424 g/mol. The molecule has 0 saturated carbocycles. The second-order valence-electron chi connectivity index (χ2n) is 10.1. The Hall–Kier alpha value is -2.64. The SMILES string of the molecule is CCCCCCCCC[Si](C1=CC=C2C=CC=CC21)(C1=c2ccccc2=CC1)c1ccccc1. The van der Waals surface area contributed by atoms with E-state index in [9.17, 15) is 0 Å². The highest BCUT2D eigenvalue weighted by atomic mass is 28.3. The maximum atomic E-state index is 2.52. The van der Waals surface area contributed by atoms with E-state index in [1.807, 2.05) is 0 Å². The van der Waals surface area contributed by atoms with Gasteiger partial charge in [0, 0.05) is 5.92 Å². The molecule has 0 radical (unpaired) electrons. The lowest BCUT2D eigenvalue weighted by molar-refractivity contribution is 0.600. The fourth-order valence-corrected chi connectivity index (χ4v) is 12.1. The van der Waals surface area contributed by atoms with Crippen LogP contribution in [0.15, 0.2) is 102 Å². The molecule has 2 unspecified atom stereocenters. The molecule has 3 aliphatic rings. The lowest BCUT2D eigenvalue weighted by atomic mass is 9.98. The molecule has 0 saturated heterocycles. The Morgan fingerprint density at radius 1 is 0.794 bits per heavy atom. The van der Waals surface area contributed by atoms with Crippen LogP contribution < -0.4 is 15.6 Å².